The Morgan fingerprint density at radius 3 is 2.36 bits per heavy atom. The molecule has 0 aliphatic heterocycles. The summed E-state index contributed by atoms with van der Waals surface area (Å²) in [5.74, 6) is 0.816. The molecule has 0 saturated carbocycles. The van der Waals surface area contributed by atoms with E-state index in [4.69, 9.17) is 9.47 Å². The lowest BCUT2D eigenvalue weighted by atomic mass is 10.2. The molecule has 1 aromatic heterocycles. The fourth-order valence-electron chi connectivity index (χ4n) is 2.09. The van der Waals surface area contributed by atoms with Gasteiger partial charge in [0.1, 0.15) is 11.5 Å². The summed E-state index contributed by atoms with van der Waals surface area (Å²) in [4.78, 5) is 20.3. The van der Waals surface area contributed by atoms with E-state index in [9.17, 15) is 4.79 Å². The summed E-state index contributed by atoms with van der Waals surface area (Å²) in [6, 6.07) is 17.9. The predicted molar refractivity (Wildman–Crippen MR) is 95.9 cm³/mol. The largest absolute Gasteiger partial charge is 0.497 e. The molecule has 0 N–H and O–H groups in total. The van der Waals surface area contributed by atoms with E-state index in [1.807, 2.05) is 24.3 Å². The third-order valence-electron chi connectivity index (χ3n) is 3.42. The van der Waals surface area contributed by atoms with Crippen molar-refractivity contribution in [2.24, 2.45) is 4.99 Å². The van der Waals surface area contributed by atoms with Crippen molar-refractivity contribution in [3.8, 4) is 11.5 Å². The van der Waals surface area contributed by atoms with Gasteiger partial charge >= 0.3 is 5.97 Å². The van der Waals surface area contributed by atoms with Gasteiger partial charge in [0.2, 0.25) is 0 Å². The molecule has 0 unspecified atom stereocenters. The number of hydrogen-bond acceptors (Lipinski definition) is 5. The maximum atomic E-state index is 12.0. The van der Waals surface area contributed by atoms with Crippen LogP contribution in [0, 0.1) is 0 Å². The molecular formula is C20H16N2O3. The topological polar surface area (TPSA) is 60.8 Å². The van der Waals surface area contributed by atoms with Crippen LogP contribution in [0.1, 0.15) is 15.9 Å². The summed E-state index contributed by atoms with van der Waals surface area (Å²) in [6.07, 6.45) is 4.83. The second-order valence-corrected chi connectivity index (χ2v) is 5.16. The molecule has 0 spiro atoms. The first-order valence-electron chi connectivity index (χ1n) is 7.65. The molecule has 0 atom stereocenters. The molecule has 5 nitrogen and oxygen atoms in total. The first kappa shape index (κ1) is 16.4. The van der Waals surface area contributed by atoms with Crippen LogP contribution in [0.5, 0.6) is 11.5 Å². The summed E-state index contributed by atoms with van der Waals surface area (Å²) >= 11 is 0. The Kier molecular flexibility index (Phi) is 5.16. The molecule has 3 aromatic rings. The molecule has 0 aliphatic carbocycles. The number of ether oxygens (including phenoxy) is 2. The number of esters is 1. The van der Waals surface area contributed by atoms with Gasteiger partial charge in [-0.2, -0.15) is 0 Å². The minimum Gasteiger partial charge on any atom is -0.497 e. The average Bonchev–Trinajstić information content (AvgIpc) is 2.68. The van der Waals surface area contributed by atoms with E-state index in [1.165, 1.54) is 6.20 Å². The van der Waals surface area contributed by atoms with Crippen molar-refractivity contribution in [2.75, 3.05) is 7.11 Å². The lowest BCUT2D eigenvalue weighted by molar-refractivity contribution is 0.0734. The van der Waals surface area contributed by atoms with Gasteiger partial charge in [-0.1, -0.05) is 0 Å². The van der Waals surface area contributed by atoms with Crippen molar-refractivity contribution in [1.29, 1.82) is 0 Å². The SMILES string of the molecule is COc1ccc(C=Nc2ccc(OC(=O)c3cccnc3)cc2)cc1. The van der Waals surface area contributed by atoms with E-state index in [0.717, 1.165) is 17.0 Å². The molecule has 0 fully saturated rings. The maximum absolute atomic E-state index is 12.0. The number of carbonyl (C=O) groups excluding carboxylic acids is 1. The Morgan fingerprint density at radius 2 is 1.72 bits per heavy atom. The second kappa shape index (κ2) is 7.88. The van der Waals surface area contributed by atoms with Gasteiger partial charge in [-0.15, -0.1) is 0 Å². The Morgan fingerprint density at radius 1 is 1.00 bits per heavy atom. The molecule has 2 aromatic carbocycles. The van der Waals surface area contributed by atoms with Crippen LogP contribution in [0.4, 0.5) is 5.69 Å². The first-order chi connectivity index (χ1) is 12.2. The molecule has 1 heterocycles. The van der Waals surface area contributed by atoms with E-state index in [2.05, 4.69) is 9.98 Å². The summed E-state index contributed by atoms with van der Waals surface area (Å²) in [6.45, 7) is 0. The van der Waals surface area contributed by atoms with Gasteiger partial charge in [-0.25, -0.2) is 4.79 Å². The molecule has 25 heavy (non-hydrogen) atoms. The van der Waals surface area contributed by atoms with Gasteiger partial charge in [-0.3, -0.25) is 9.98 Å². The second-order valence-electron chi connectivity index (χ2n) is 5.16. The molecule has 5 heteroatoms. The van der Waals surface area contributed by atoms with Crippen LogP contribution in [-0.2, 0) is 0 Å². The molecule has 3 rings (SSSR count). The lowest BCUT2D eigenvalue weighted by Gasteiger charge is -2.04. The van der Waals surface area contributed by atoms with Crippen molar-refractivity contribution >= 4 is 17.9 Å². The molecular weight excluding hydrogens is 316 g/mol. The Balaban J connectivity index is 1.63. The number of aliphatic imine (C=N–C) groups is 1. The van der Waals surface area contributed by atoms with Crippen LogP contribution in [0.2, 0.25) is 0 Å². The van der Waals surface area contributed by atoms with Crippen LogP contribution in [0.3, 0.4) is 0 Å². The predicted octanol–water partition coefficient (Wildman–Crippen LogP) is 4.06. The molecule has 0 radical (unpaired) electrons. The van der Waals surface area contributed by atoms with Crippen molar-refractivity contribution in [2.45, 2.75) is 0 Å². The van der Waals surface area contributed by atoms with Crippen molar-refractivity contribution in [1.82, 2.24) is 4.98 Å². The normalized spacial score (nSPS) is 10.6. The summed E-state index contributed by atoms with van der Waals surface area (Å²) < 4.78 is 10.4. The highest BCUT2D eigenvalue weighted by Crippen LogP contribution is 2.19. The van der Waals surface area contributed by atoms with Gasteiger partial charge in [0.05, 0.1) is 18.4 Å². The number of pyridine rings is 1. The Labute approximate surface area is 145 Å². The molecule has 0 amide bonds. The highest BCUT2D eigenvalue weighted by atomic mass is 16.5. The van der Waals surface area contributed by atoms with E-state index in [1.54, 1.807) is 55.9 Å². The quantitative estimate of drug-likeness (QED) is 0.401. The summed E-state index contributed by atoms with van der Waals surface area (Å²) in [5, 5.41) is 0. The molecule has 0 saturated heterocycles. The van der Waals surface area contributed by atoms with E-state index < -0.39 is 5.97 Å². The summed E-state index contributed by atoms with van der Waals surface area (Å²) in [5.41, 5.74) is 2.13. The number of carbonyl (C=O) groups is 1. The van der Waals surface area contributed by atoms with Crippen LogP contribution in [-0.4, -0.2) is 24.3 Å². The zero-order valence-electron chi connectivity index (χ0n) is 13.6. The fraction of sp³-hybridized carbons (Fsp3) is 0.0500. The number of aromatic nitrogens is 1. The minimum atomic E-state index is -0.442. The van der Waals surface area contributed by atoms with Crippen molar-refractivity contribution in [3.63, 3.8) is 0 Å². The monoisotopic (exact) mass is 332 g/mol. The van der Waals surface area contributed by atoms with Gasteiger partial charge < -0.3 is 9.47 Å². The van der Waals surface area contributed by atoms with E-state index >= 15 is 0 Å². The first-order valence-corrected chi connectivity index (χ1v) is 7.65. The smallest absolute Gasteiger partial charge is 0.345 e. The number of benzene rings is 2. The van der Waals surface area contributed by atoms with E-state index in [-0.39, 0.29) is 0 Å². The average molecular weight is 332 g/mol. The highest BCUT2D eigenvalue weighted by Gasteiger charge is 2.07. The van der Waals surface area contributed by atoms with Crippen LogP contribution in [0.15, 0.2) is 78.0 Å². The van der Waals surface area contributed by atoms with Crippen LogP contribution >= 0.6 is 0 Å². The van der Waals surface area contributed by atoms with E-state index in [0.29, 0.717) is 11.3 Å². The molecule has 124 valence electrons. The summed E-state index contributed by atoms with van der Waals surface area (Å²) in [7, 11) is 1.63. The van der Waals surface area contributed by atoms with Crippen LogP contribution < -0.4 is 9.47 Å². The number of nitrogens with zero attached hydrogens (tertiary/aromatic N) is 2. The fourth-order valence-corrected chi connectivity index (χ4v) is 2.09. The maximum Gasteiger partial charge on any atom is 0.345 e. The number of hydrogen-bond donors (Lipinski definition) is 0. The highest BCUT2D eigenvalue weighted by molar-refractivity contribution is 5.90. The van der Waals surface area contributed by atoms with Gasteiger partial charge in [0.15, 0.2) is 0 Å². The van der Waals surface area contributed by atoms with Crippen molar-refractivity contribution < 1.29 is 14.3 Å². The van der Waals surface area contributed by atoms with Gasteiger partial charge in [0, 0.05) is 18.6 Å². The third-order valence-corrected chi connectivity index (χ3v) is 3.42. The van der Waals surface area contributed by atoms with Crippen LogP contribution in [0.25, 0.3) is 0 Å². The number of methoxy groups -OCH3 is 1. The Bertz CT molecular complexity index is 858. The van der Waals surface area contributed by atoms with Crippen molar-refractivity contribution in [3.05, 3.63) is 84.2 Å². The zero-order chi connectivity index (χ0) is 17.5. The molecule has 0 bridgehead atoms. The van der Waals surface area contributed by atoms with Gasteiger partial charge in [0.25, 0.3) is 0 Å². The standard InChI is InChI=1S/C20H16N2O3/c1-24-18-8-4-15(5-9-18)13-22-17-6-10-19(11-7-17)25-20(23)16-3-2-12-21-14-16/h2-14H,1H3. The van der Waals surface area contributed by atoms with Gasteiger partial charge in [-0.05, 0) is 66.2 Å². The minimum absolute atomic E-state index is 0.407. The zero-order valence-corrected chi connectivity index (χ0v) is 13.6. The Hall–Kier alpha value is -3.47. The molecule has 0 aliphatic rings. The lowest BCUT2D eigenvalue weighted by Crippen LogP contribution is -2.08. The number of rotatable bonds is 5. The third kappa shape index (κ3) is 4.51.